The lowest BCUT2D eigenvalue weighted by molar-refractivity contribution is 0.122. The molecule has 0 saturated carbocycles. The molecule has 0 aliphatic rings. The Labute approximate surface area is 102 Å². The van der Waals surface area contributed by atoms with Crippen molar-refractivity contribution in [3.63, 3.8) is 0 Å². The van der Waals surface area contributed by atoms with Crippen LogP contribution in [-0.2, 0) is 17.7 Å². The van der Waals surface area contributed by atoms with E-state index in [1.807, 2.05) is 0 Å². The molecule has 98 valence electrons. The lowest BCUT2D eigenvalue weighted by atomic mass is 10.4. The van der Waals surface area contributed by atoms with E-state index in [4.69, 9.17) is 17.7 Å². The highest BCUT2D eigenvalue weighted by Gasteiger charge is 2.40. The van der Waals surface area contributed by atoms with Crippen molar-refractivity contribution in [2.24, 2.45) is 0 Å². The Morgan fingerprint density at radius 2 is 1.31 bits per heavy atom. The molecule has 6 heteroatoms. The third kappa shape index (κ3) is 4.27. The Morgan fingerprint density at radius 3 is 1.62 bits per heavy atom. The molecule has 0 aromatic heterocycles. The minimum Gasteiger partial charge on any atom is -0.420 e. The maximum Gasteiger partial charge on any atom is 0.500 e. The van der Waals surface area contributed by atoms with Crippen LogP contribution in [0.5, 0.6) is 0 Å². The smallest absolute Gasteiger partial charge is 0.420 e. The zero-order chi connectivity index (χ0) is 12.8. The fraction of sp³-hybridized carbons (Fsp3) is 1.00. The molecule has 1 unspecified atom stereocenters. The predicted molar refractivity (Wildman–Crippen MR) is 70.1 cm³/mol. The first kappa shape index (κ1) is 16.3. The van der Waals surface area contributed by atoms with Crippen LogP contribution < -0.4 is 0 Å². The second kappa shape index (κ2) is 6.88. The van der Waals surface area contributed by atoms with Crippen molar-refractivity contribution in [3.8, 4) is 0 Å². The third-order valence-electron chi connectivity index (χ3n) is 3.53. The van der Waals surface area contributed by atoms with Gasteiger partial charge >= 0.3 is 8.80 Å². The molecule has 0 aromatic carbocycles. The Bertz CT molecular complexity index is 187. The maximum absolute atomic E-state index is 5.60. The van der Waals surface area contributed by atoms with Crippen LogP contribution in [0.25, 0.3) is 0 Å². The highest BCUT2D eigenvalue weighted by molar-refractivity contribution is 6.72. The van der Waals surface area contributed by atoms with Crippen molar-refractivity contribution >= 4 is 17.1 Å². The van der Waals surface area contributed by atoms with Gasteiger partial charge in [-0.2, -0.15) is 0 Å². The predicted octanol–water partition coefficient (Wildman–Crippen LogP) is 2.50. The zero-order valence-electron chi connectivity index (χ0n) is 11.6. The summed E-state index contributed by atoms with van der Waals surface area (Å²) in [7, 11) is 2.80. The monoisotopic (exact) mass is 266 g/mol. The topological polar surface area (TPSA) is 36.9 Å². The van der Waals surface area contributed by atoms with E-state index in [2.05, 4.69) is 20.0 Å². The standard InChI is InChI=1S/C10H26O4Si2/c1-10(15(6,7)11-2)8-9-16(12-3,13-4)14-5/h10H,8-9H2,1-7H3. The second-order valence-corrected chi connectivity index (χ2v) is 12.2. The summed E-state index contributed by atoms with van der Waals surface area (Å²) in [6.07, 6.45) is 1.02. The van der Waals surface area contributed by atoms with Gasteiger partial charge in [0.15, 0.2) is 8.32 Å². The number of hydrogen-bond acceptors (Lipinski definition) is 4. The van der Waals surface area contributed by atoms with Crippen molar-refractivity contribution in [3.05, 3.63) is 0 Å². The van der Waals surface area contributed by atoms with Crippen LogP contribution in [0.3, 0.4) is 0 Å². The summed E-state index contributed by atoms with van der Waals surface area (Å²) in [5, 5.41) is 0. The van der Waals surface area contributed by atoms with E-state index in [-0.39, 0.29) is 0 Å². The number of rotatable bonds is 8. The summed E-state index contributed by atoms with van der Waals surface area (Å²) in [5.41, 5.74) is 0.560. The summed E-state index contributed by atoms with van der Waals surface area (Å²) in [6, 6.07) is 0.845. The zero-order valence-corrected chi connectivity index (χ0v) is 13.6. The molecular weight excluding hydrogens is 240 g/mol. The van der Waals surface area contributed by atoms with Crippen LogP contribution in [0.4, 0.5) is 0 Å². The van der Waals surface area contributed by atoms with Gasteiger partial charge in [-0.25, -0.2) is 0 Å². The Morgan fingerprint density at radius 1 is 0.875 bits per heavy atom. The maximum atomic E-state index is 5.60. The molecule has 0 aromatic rings. The van der Waals surface area contributed by atoms with Gasteiger partial charge in [-0.05, 0) is 25.1 Å². The van der Waals surface area contributed by atoms with Crippen molar-refractivity contribution in [1.82, 2.24) is 0 Å². The molecular formula is C10H26O4Si2. The van der Waals surface area contributed by atoms with Gasteiger partial charge in [0, 0.05) is 34.5 Å². The van der Waals surface area contributed by atoms with Crippen molar-refractivity contribution < 1.29 is 17.7 Å². The largest absolute Gasteiger partial charge is 0.500 e. The minimum absolute atomic E-state index is 0.560. The molecule has 0 bridgehead atoms. The van der Waals surface area contributed by atoms with Crippen LogP contribution in [0.15, 0.2) is 0 Å². The van der Waals surface area contributed by atoms with Crippen LogP contribution in [0, 0.1) is 0 Å². The van der Waals surface area contributed by atoms with Gasteiger partial charge < -0.3 is 17.7 Å². The minimum atomic E-state index is -2.41. The average molecular weight is 266 g/mol. The third-order valence-corrected chi connectivity index (χ3v) is 10.0. The van der Waals surface area contributed by atoms with Crippen LogP contribution in [-0.4, -0.2) is 45.6 Å². The number of hydrogen-bond donors (Lipinski definition) is 0. The fourth-order valence-corrected chi connectivity index (χ4v) is 4.93. The average Bonchev–Trinajstić information content (AvgIpc) is 2.31. The van der Waals surface area contributed by atoms with Gasteiger partial charge in [0.1, 0.15) is 0 Å². The Kier molecular flexibility index (Phi) is 6.99. The van der Waals surface area contributed by atoms with Gasteiger partial charge in [0.05, 0.1) is 0 Å². The van der Waals surface area contributed by atoms with Crippen LogP contribution in [0.1, 0.15) is 13.3 Å². The summed E-state index contributed by atoms with van der Waals surface area (Å²) in [4.78, 5) is 0. The van der Waals surface area contributed by atoms with Crippen molar-refractivity contribution in [1.29, 1.82) is 0 Å². The van der Waals surface area contributed by atoms with Gasteiger partial charge in [-0.3, -0.25) is 0 Å². The lowest BCUT2D eigenvalue weighted by Crippen LogP contribution is -2.44. The molecule has 0 amide bonds. The van der Waals surface area contributed by atoms with E-state index in [9.17, 15) is 0 Å². The van der Waals surface area contributed by atoms with E-state index < -0.39 is 17.1 Å². The summed E-state index contributed by atoms with van der Waals surface area (Å²) < 4.78 is 21.8. The molecule has 0 aliphatic carbocycles. The molecule has 0 rings (SSSR count). The van der Waals surface area contributed by atoms with Gasteiger partial charge in [-0.1, -0.05) is 6.92 Å². The molecule has 0 N–H and O–H groups in total. The molecule has 16 heavy (non-hydrogen) atoms. The van der Waals surface area contributed by atoms with Gasteiger partial charge in [0.25, 0.3) is 0 Å². The Balaban J connectivity index is 4.32. The molecule has 1 atom stereocenters. The SMILES string of the molecule is CO[Si](CCC(C)[Si](C)(C)OC)(OC)OC. The quantitative estimate of drug-likeness (QED) is 0.633. The molecule has 0 saturated heterocycles. The first-order valence-corrected chi connectivity index (χ1v) is 10.5. The second-order valence-electron chi connectivity index (χ2n) is 4.54. The highest BCUT2D eigenvalue weighted by atomic mass is 28.4. The summed E-state index contributed by atoms with van der Waals surface area (Å²) in [6.45, 7) is 6.69. The molecule has 0 fully saturated rings. The molecule has 0 heterocycles. The van der Waals surface area contributed by atoms with Crippen molar-refractivity contribution in [2.45, 2.75) is 38.0 Å². The fourth-order valence-electron chi connectivity index (χ4n) is 1.50. The first-order chi connectivity index (χ1) is 7.37. The van der Waals surface area contributed by atoms with Gasteiger partial charge in [-0.15, -0.1) is 0 Å². The van der Waals surface area contributed by atoms with Gasteiger partial charge in [0.2, 0.25) is 0 Å². The van der Waals surface area contributed by atoms with Crippen LogP contribution >= 0.6 is 0 Å². The molecule has 0 radical (unpaired) electrons. The lowest BCUT2D eigenvalue weighted by Gasteiger charge is -2.30. The highest BCUT2D eigenvalue weighted by Crippen LogP contribution is 2.30. The first-order valence-electron chi connectivity index (χ1n) is 5.58. The van der Waals surface area contributed by atoms with E-state index in [0.29, 0.717) is 5.54 Å². The normalized spacial score (nSPS) is 15.2. The Hall–Kier alpha value is 0.274. The van der Waals surface area contributed by atoms with Crippen molar-refractivity contribution in [2.75, 3.05) is 28.4 Å². The van der Waals surface area contributed by atoms with Crippen LogP contribution in [0.2, 0.25) is 24.7 Å². The summed E-state index contributed by atoms with van der Waals surface area (Å²) >= 11 is 0. The summed E-state index contributed by atoms with van der Waals surface area (Å²) in [5.74, 6) is 0. The molecule has 4 nitrogen and oxygen atoms in total. The van der Waals surface area contributed by atoms with E-state index in [1.54, 1.807) is 28.4 Å². The van der Waals surface area contributed by atoms with E-state index >= 15 is 0 Å². The van der Waals surface area contributed by atoms with E-state index in [1.165, 1.54) is 0 Å². The molecule has 0 spiro atoms. The molecule has 0 aliphatic heterocycles. The van der Waals surface area contributed by atoms with E-state index in [0.717, 1.165) is 12.5 Å².